The number of nitrogens with one attached hydrogen (secondary N) is 1. The molecule has 0 amide bonds. The van der Waals surface area contributed by atoms with Gasteiger partial charge in [-0.15, -0.1) is 0 Å². The zero-order chi connectivity index (χ0) is 15.6. The number of hydrogen-bond donors (Lipinski definition) is 1. The zero-order valence-corrected chi connectivity index (χ0v) is 14.5. The molecule has 1 atom stereocenters. The van der Waals surface area contributed by atoms with Crippen molar-refractivity contribution in [3.8, 4) is 0 Å². The first kappa shape index (κ1) is 16.1. The summed E-state index contributed by atoms with van der Waals surface area (Å²) in [6.07, 6.45) is 0. The molecule has 5 heteroatoms. The predicted octanol–water partition coefficient (Wildman–Crippen LogP) is 5.48. The number of nitrogens with zero attached hydrogens (tertiary/aromatic N) is 1. The van der Waals surface area contributed by atoms with Gasteiger partial charge >= 0.3 is 0 Å². The highest BCUT2D eigenvalue weighted by atomic mass is 79.9. The molecule has 1 unspecified atom stereocenters. The highest BCUT2D eigenvalue weighted by molar-refractivity contribution is 9.10. The van der Waals surface area contributed by atoms with Gasteiger partial charge in [-0.05, 0) is 58.7 Å². The maximum Gasteiger partial charge on any atom is 0.137 e. The molecule has 0 saturated heterocycles. The van der Waals surface area contributed by atoms with Crippen LogP contribution in [-0.4, -0.2) is 14.1 Å². The number of anilines is 2. The molecule has 0 aliphatic rings. The molecule has 0 bridgehead atoms. The molecule has 0 radical (unpaired) electrons. The molecule has 2 nitrogen and oxygen atoms in total. The Kier molecular flexibility index (Phi) is 5.12. The summed E-state index contributed by atoms with van der Waals surface area (Å²) in [4.78, 5) is 2.02. The van der Waals surface area contributed by atoms with Crippen LogP contribution in [0.5, 0.6) is 0 Å². The monoisotopic (exact) mass is 370 g/mol. The second-order valence-corrected chi connectivity index (χ2v) is 6.39. The van der Waals surface area contributed by atoms with Crippen LogP contribution >= 0.6 is 27.5 Å². The third kappa shape index (κ3) is 3.89. The van der Waals surface area contributed by atoms with Gasteiger partial charge in [-0.2, -0.15) is 0 Å². The fraction of sp³-hybridized carbons (Fsp3) is 0.250. The van der Waals surface area contributed by atoms with Gasteiger partial charge in [0.15, 0.2) is 0 Å². The minimum Gasteiger partial charge on any atom is -0.377 e. The van der Waals surface area contributed by atoms with Crippen LogP contribution in [-0.2, 0) is 0 Å². The molecule has 0 aliphatic heterocycles. The van der Waals surface area contributed by atoms with E-state index in [1.54, 1.807) is 12.1 Å². The fourth-order valence-electron chi connectivity index (χ4n) is 2.11. The van der Waals surface area contributed by atoms with Gasteiger partial charge in [-0.3, -0.25) is 0 Å². The van der Waals surface area contributed by atoms with Gasteiger partial charge < -0.3 is 10.2 Å². The van der Waals surface area contributed by atoms with Crippen molar-refractivity contribution in [2.45, 2.75) is 13.0 Å². The van der Waals surface area contributed by atoms with Crippen LogP contribution < -0.4 is 10.2 Å². The summed E-state index contributed by atoms with van der Waals surface area (Å²) in [5.41, 5.74) is 2.99. The molecule has 1 N–H and O–H groups in total. The molecule has 0 spiro atoms. The van der Waals surface area contributed by atoms with Crippen LogP contribution in [0.1, 0.15) is 18.5 Å². The smallest absolute Gasteiger partial charge is 0.137 e. The first-order valence-electron chi connectivity index (χ1n) is 6.57. The second-order valence-electron chi connectivity index (χ2n) is 5.10. The van der Waals surface area contributed by atoms with E-state index < -0.39 is 0 Å². The molecule has 2 aromatic rings. The summed E-state index contributed by atoms with van der Waals surface area (Å²) in [5.74, 6) is -0.261. The van der Waals surface area contributed by atoms with E-state index >= 15 is 0 Å². The van der Waals surface area contributed by atoms with Gasteiger partial charge in [0.05, 0.1) is 15.8 Å². The predicted molar refractivity (Wildman–Crippen MR) is 91.9 cm³/mol. The van der Waals surface area contributed by atoms with Crippen molar-refractivity contribution < 1.29 is 4.39 Å². The van der Waals surface area contributed by atoms with Crippen molar-refractivity contribution in [3.63, 3.8) is 0 Å². The maximum atomic E-state index is 13.3. The summed E-state index contributed by atoms with van der Waals surface area (Å²) in [5, 5.41) is 4.10. The Morgan fingerprint density at radius 2 is 1.90 bits per heavy atom. The summed E-state index contributed by atoms with van der Waals surface area (Å²) in [6, 6.07) is 10.8. The van der Waals surface area contributed by atoms with Crippen LogP contribution in [0.25, 0.3) is 0 Å². The molecule has 0 saturated carbocycles. The Hall–Kier alpha value is -1.26. The van der Waals surface area contributed by atoms with E-state index in [2.05, 4.69) is 21.2 Å². The maximum absolute atomic E-state index is 13.3. The third-order valence-electron chi connectivity index (χ3n) is 3.26. The van der Waals surface area contributed by atoms with Crippen LogP contribution in [0.4, 0.5) is 15.8 Å². The standard InChI is InChI=1S/C16H17BrClFN2/c1-10(11-4-6-14(19)13(17)8-11)20-15-9-12(18)5-7-16(15)21(2)3/h4-10,20H,1-3H3. The number of rotatable bonds is 4. The topological polar surface area (TPSA) is 15.3 Å². The van der Waals surface area contributed by atoms with E-state index in [1.165, 1.54) is 6.07 Å². The highest BCUT2D eigenvalue weighted by Crippen LogP contribution is 2.31. The van der Waals surface area contributed by atoms with Crippen LogP contribution in [0.15, 0.2) is 40.9 Å². The van der Waals surface area contributed by atoms with E-state index in [-0.39, 0.29) is 11.9 Å². The van der Waals surface area contributed by atoms with E-state index in [1.807, 2.05) is 44.1 Å². The zero-order valence-electron chi connectivity index (χ0n) is 12.1. The van der Waals surface area contributed by atoms with Gasteiger partial charge in [0, 0.05) is 25.2 Å². The largest absolute Gasteiger partial charge is 0.377 e. The van der Waals surface area contributed by atoms with E-state index in [4.69, 9.17) is 11.6 Å². The molecular formula is C16H17BrClFN2. The summed E-state index contributed by atoms with van der Waals surface area (Å²) < 4.78 is 13.8. The van der Waals surface area contributed by atoms with Crippen molar-refractivity contribution in [1.82, 2.24) is 0 Å². The van der Waals surface area contributed by atoms with Crippen molar-refractivity contribution in [3.05, 3.63) is 57.3 Å². The number of halogens is 3. The quantitative estimate of drug-likeness (QED) is 0.765. The van der Waals surface area contributed by atoms with Gasteiger partial charge in [-0.25, -0.2) is 4.39 Å². The summed E-state index contributed by atoms with van der Waals surface area (Å²) >= 11 is 9.30. The molecule has 0 fully saturated rings. The lowest BCUT2D eigenvalue weighted by atomic mass is 10.1. The molecule has 2 rings (SSSR count). The molecule has 21 heavy (non-hydrogen) atoms. The number of benzene rings is 2. The van der Waals surface area contributed by atoms with Gasteiger partial charge in [0.1, 0.15) is 5.82 Å². The lowest BCUT2D eigenvalue weighted by Gasteiger charge is -2.22. The Labute approximate surface area is 138 Å². The van der Waals surface area contributed by atoms with Gasteiger partial charge in [0.2, 0.25) is 0 Å². The van der Waals surface area contributed by atoms with Crippen LogP contribution in [0, 0.1) is 5.82 Å². The van der Waals surface area contributed by atoms with Crippen molar-refractivity contribution >= 4 is 38.9 Å². The second kappa shape index (κ2) is 6.67. The highest BCUT2D eigenvalue weighted by Gasteiger charge is 2.12. The Morgan fingerprint density at radius 3 is 2.52 bits per heavy atom. The lowest BCUT2D eigenvalue weighted by Crippen LogP contribution is -2.14. The lowest BCUT2D eigenvalue weighted by molar-refractivity contribution is 0.619. The minimum atomic E-state index is -0.261. The van der Waals surface area contributed by atoms with E-state index in [0.717, 1.165) is 16.9 Å². The molecule has 0 heterocycles. The van der Waals surface area contributed by atoms with Crippen LogP contribution in [0.3, 0.4) is 0 Å². The molecule has 112 valence electrons. The molecular weight excluding hydrogens is 355 g/mol. The first-order chi connectivity index (χ1) is 9.88. The fourth-order valence-corrected chi connectivity index (χ4v) is 2.68. The van der Waals surface area contributed by atoms with Gasteiger partial charge in [0.25, 0.3) is 0 Å². The van der Waals surface area contributed by atoms with Crippen molar-refractivity contribution in [1.29, 1.82) is 0 Å². The molecule has 0 aromatic heterocycles. The Balaban J connectivity index is 2.28. The minimum absolute atomic E-state index is 0.0269. The van der Waals surface area contributed by atoms with Gasteiger partial charge in [-0.1, -0.05) is 17.7 Å². The molecule has 0 aliphatic carbocycles. The molecule has 2 aromatic carbocycles. The third-order valence-corrected chi connectivity index (χ3v) is 4.10. The average Bonchev–Trinajstić information content (AvgIpc) is 2.41. The van der Waals surface area contributed by atoms with Crippen molar-refractivity contribution in [2.75, 3.05) is 24.3 Å². The van der Waals surface area contributed by atoms with E-state index in [9.17, 15) is 4.39 Å². The summed E-state index contributed by atoms with van der Waals surface area (Å²) in [7, 11) is 3.96. The first-order valence-corrected chi connectivity index (χ1v) is 7.74. The van der Waals surface area contributed by atoms with Crippen LogP contribution in [0.2, 0.25) is 5.02 Å². The Bertz CT molecular complexity index is 646. The van der Waals surface area contributed by atoms with Crippen molar-refractivity contribution in [2.24, 2.45) is 0 Å². The normalized spacial score (nSPS) is 12.1. The number of hydrogen-bond acceptors (Lipinski definition) is 2. The summed E-state index contributed by atoms with van der Waals surface area (Å²) in [6.45, 7) is 2.03. The Morgan fingerprint density at radius 1 is 1.19 bits per heavy atom. The SMILES string of the molecule is CC(Nc1cc(Cl)ccc1N(C)C)c1ccc(F)c(Br)c1. The van der Waals surface area contributed by atoms with E-state index in [0.29, 0.717) is 9.50 Å². The average molecular weight is 372 g/mol.